The zero-order valence-electron chi connectivity index (χ0n) is 9.40. The fraction of sp³-hybridized carbons (Fsp3) is 0.308. The van der Waals surface area contributed by atoms with Gasteiger partial charge >= 0.3 is 0 Å². The van der Waals surface area contributed by atoms with E-state index in [9.17, 15) is 0 Å². The monoisotopic (exact) mass is 235 g/mol. The van der Waals surface area contributed by atoms with Gasteiger partial charge in [0.25, 0.3) is 0 Å². The third-order valence-electron chi connectivity index (χ3n) is 2.57. The molecule has 2 rings (SSSR count). The second-order valence-corrected chi connectivity index (χ2v) is 4.20. The minimum absolute atomic E-state index is 0.144. The number of ether oxygens (including phenoxy) is 1. The Bertz CT molecular complexity index is 498. The summed E-state index contributed by atoms with van der Waals surface area (Å²) >= 11 is 6.14. The van der Waals surface area contributed by atoms with Gasteiger partial charge in [0.1, 0.15) is 5.52 Å². The molecule has 0 aliphatic heterocycles. The molecule has 2 nitrogen and oxygen atoms in total. The van der Waals surface area contributed by atoms with E-state index >= 15 is 0 Å². The van der Waals surface area contributed by atoms with Crippen LogP contribution in [0.5, 0.6) is 5.75 Å². The van der Waals surface area contributed by atoms with Gasteiger partial charge in [0.15, 0.2) is 5.75 Å². The zero-order chi connectivity index (χ0) is 11.5. The van der Waals surface area contributed by atoms with Gasteiger partial charge in [-0.2, -0.15) is 0 Å². The van der Waals surface area contributed by atoms with Crippen molar-refractivity contribution >= 4 is 22.5 Å². The van der Waals surface area contributed by atoms with Crippen molar-refractivity contribution in [3.63, 3.8) is 0 Å². The third kappa shape index (κ3) is 2.12. The lowest BCUT2D eigenvalue weighted by Gasteiger charge is -2.15. The SMILES string of the molecule is CC[C@H](C)Oc1c(Cl)ccc2cccnc12. The summed E-state index contributed by atoms with van der Waals surface area (Å²) in [6, 6.07) is 7.71. The Balaban J connectivity index is 2.52. The van der Waals surface area contributed by atoms with E-state index in [0.29, 0.717) is 10.8 Å². The van der Waals surface area contributed by atoms with Crippen molar-refractivity contribution < 1.29 is 4.74 Å². The van der Waals surface area contributed by atoms with Crippen LogP contribution < -0.4 is 4.74 Å². The Kier molecular flexibility index (Phi) is 3.30. The van der Waals surface area contributed by atoms with Crippen molar-refractivity contribution in [3.05, 3.63) is 35.5 Å². The van der Waals surface area contributed by atoms with Gasteiger partial charge < -0.3 is 4.74 Å². The molecular weight excluding hydrogens is 222 g/mol. The van der Waals surface area contributed by atoms with Gasteiger partial charge in [-0.25, -0.2) is 0 Å². The molecule has 1 aromatic carbocycles. The van der Waals surface area contributed by atoms with Crippen LogP contribution >= 0.6 is 11.6 Å². The maximum absolute atomic E-state index is 6.14. The fourth-order valence-corrected chi connectivity index (χ4v) is 1.69. The molecule has 16 heavy (non-hydrogen) atoms. The minimum Gasteiger partial charge on any atom is -0.487 e. The molecule has 1 atom stereocenters. The van der Waals surface area contributed by atoms with E-state index in [1.54, 1.807) is 6.20 Å². The first-order valence-corrected chi connectivity index (χ1v) is 5.80. The summed E-state index contributed by atoms with van der Waals surface area (Å²) in [6.45, 7) is 4.11. The number of aromatic nitrogens is 1. The summed E-state index contributed by atoms with van der Waals surface area (Å²) in [5.74, 6) is 0.689. The summed E-state index contributed by atoms with van der Waals surface area (Å²) in [5, 5.41) is 1.66. The maximum atomic E-state index is 6.14. The van der Waals surface area contributed by atoms with Crippen molar-refractivity contribution in [1.29, 1.82) is 0 Å². The standard InChI is InChI=1S/C13H14ClNO/c1-3-9(2)16-13-11(14)7-6-10-5-4-8-15-12(10)13/h4-9H,3H2,1-2H3/t9-/m0/s1. The summed E-state index contributed by atoms with van der Waals surface area (Å²) in [6.07, 6.45) is 2.84. The summed E-state index contributed by atoms with van der Waals surface area (Å²) in [5.41, 5.74) is 0.829. The number of rotatable bonds is 3. The van der Waals surface area contributed by atoms with E-state index in [2.05, 4.69) is 11.9 Å². The molecule has 1 aromatic heterocycles. The van der Waals surface area contributed by atoms with Crippen LogP contribution in [0.15, 0.2) is 30.5 Å². The maximum Gasteiger partial charge on any atom is 0.164 e. The Morgan fingerprint density at radius 3 is 2.94 bits per heavy atom. The summed E-state index contributed by atoms with van der Waals surface area (Å²) in [4.78, 5) is 4.32. The molecule has 0 aliphatic rings. The average Bonchev–Trinajstić information content (AvgIpc) is 2.32. The molecule has 0 spiro atoms. The molecule has 0 saturated carbocycles. The summed E-state index contributed by atoms with van der Waals surface area (Å²) in [7, 11) is 0. The highest BCUT2D eigenvalue weighted by Crippen LogP contribution is 2.32. The average molecular weight is 236 g/mol. The molecule has 2 aromatic rings. The van der Waals surface area contributed by atoms with E-state index in [1.807, 2.05) is 31.2 Å². The highest BCUT2D eigenvalue weighted by molar-refractivity contribution is 6.33. The molecular formula is C13H14ClNO. The lowest BCUT2D eigenvalue weighted by atomic mass is 10.2. The molecule has 84 valence electrons. The van der Waals surface area contributed by atoms with Crippen molar-refractivity contribution in [2.45, 2.75) is 26.4 Å². The molecule has 0 bridgehead atoms. The molecule has 0 radical (unpaired) electrons. The van der Waals surface area contributed by atoms with E-state index in [-0.39, 0.29) is 6.10 Å². The van der Waals surface area contributed by atoms with Crippen molar-refractivity contribution in [1.82, 2.24) is 4.98 Å². The fourth-order valence-electron chi connectivity index (χ4n) is 1.49. The third-order valence-corrected chi connectivity index (χ3v) is 2.87. The molecule has 0 amide bonds. The largest absolute Gasteiger partial charge is 0.487 e. The Morgan fingerprint density at radius 1 is 1.38 bits per heavy atom. The quantitative estimate of drug-likeness (QED) is 0.800. The second-order valence-electron chi connectivity index (χ2n) is 3.79. The van der Waals surface area contributed by atoms with Crippen LogP contribution in [-0.2, 0) is 0 Å². The highest BCUT2D eigenvalue weighted by atomic mass is 35.5. The summed E-state index contributed by atoms with van der Waals surface area (Å²) < 4.78 is 5.81. The Morgan fingerprint density at radius 2 is 2.19 bits per heavy atom. The van der Waals surface area contributed by atoms with Gasteiger partial charge in [-0.05, 0) is 25.5 Å². The number of nitrogens with zero attached hydrogens (tertiary/aromatic N) is 1. The number of fused-ring (bicyclic) bond motifs is 1. The van der Waals surface area contributed by atoms with Gasteiger partial charge in [0.2, 0.25) is 0 Å². The minimum atomic E-state index is 0.144. The number of hydrogen-bond acceptors (Lipinski definition) is 2. The smallest absolute Gasteiger partial charge is 0.164 e. The van der Waals surface area contributed by atoms with Crippen LogP contribution in [0.2, 0.25) is 5.02 Å². The van der Waals surface area contributed by atoms with Crippen LogP contribution in [0, 0.1) is 0 Å². The van der Waals surface area contributed by atoms with Crippen LogP contribution in [0.1, 0.15) is 20.3 Å². The van der Waals surface area contributed by atoms with Crippen LogP contribution in [0.25, 0.3) is 10.9 Å². The predicted molar refractivity (Wildman–Crippen MR) is 67.1 cm³/mol. The number of halogens is 1. The molecule has 0 aliphatic carbocycles. The van der Waals surface area contributed by atoms with Crippen molar-refractivity contribution in [3.8, 4) is 5.75 Å². The van der Waals surface area contributed by atoms with Crippen LogP contribution in [0.4, 0.5) is 0 Å². The first kappa shape index (κ1) is 11.2. The number of pyridine rings is 1. The predicted octanol–water partition coefficient (Wildman–Crippen LogP) is 4.07. The van der Waals surface area contributed by atoms with Crippen LogP contribution in [-0.4, -0.2) is 11.1 Å². The molecule has 0 unspecified atom stereocenters. The van der Waals surface area contributed by atoms with E-state index in [1.165, 1.54) is 0 Å². The highest BCUT2D eigenvalue weighted by Gasteiger charge is 2.11. The van der Waals surface area contributed by atoms with E-state index in [4.69, 9.17) is 16.3 Å². The van der Waals surface area contributed by atoms with Gasteiger partial charge in [-0.15, -0.1) is 0 Å². The van der Waals surface area contributed by atoms with Gasteiger partial charge in [0, 0.05) is 11.6 Å². The molecule has 1 heterocycles. The van der Waals surface area contributed by atoms with Gasteiger partial charge in [0.05, 0.1) is 11.1 Å². The molecule has 3 heteroatoms. The zero-order valence-corrected chi connectivity index (χ0v) is 10.2. The lowest BCUT2D eigenvalue weighted by Crippen LogP contribution is -2.10. The Labute approximate surface area is 100 Å². The topological polar surface area (TPSA) is 22.1 Å². The first-order chi connectivity index (χ1) is 7.72. The normalized spacial score (nSPS) is 12.7. The van der Waals surface area contributed by atoms with E-state index < -0.39 is 0 Å². The van der Waals surface area contributed by atoms with Crippen LogP contribution in [0.3, 0.4) is 0 Å². The first-order valence-electron chi connectivity index (χ1n) is 5.42. The molecule has 0 fully saturated rings. The van der Waals surface area contributed by atoms with Crippen molar-refractivity contribution in [2.75, 3.05) is 0 Å². The molecule has 0 N–H and O–H groups in total. The lowest BCUT2D eigenvalue weighted by molar-refractivity contribution is 0.220. The Hall–Kier alpha value is -1.28. The van der Waals surface area contributed by atoms with Crippen molar-refractivity contribution in [2.24, 2.45) is 0 Å². The number of benzene rings is 1. The van der Waals surface area contributed by atoms with E-state index in [0.717, 1.165) is 17.3 Å². The molecule has 0 saturated heterocycles. The van der Waals surface area contributed by atoms with Gasteiger partial charge in [-0.3, -0.25) is 4.98 Å². The number of hydrogen-bond donors (Lipinski definition) is 0. The van der Waals surface area contributed by atoms with Gasteiger partial charge in [-0.1, -0.05) is 30.7 Å². The second kappa shape index (κ2) is 4.71.